The number of aromatic nitrogens is 2. The molecule has 4 nitrogen and oxygen atoms in total. The molecule has 0 unspecified atom stereocenters. The molecule has 5 heteroatoms. The number of aryl methyl sites for hydroxylation is 2. The standard InChI is InChI=1S/C18H21N3OS/c1-2-12-21-16-10-4-3-9-15(16)19-18(21)20-17(22)11-5-7-14-8-6-13-23-14/h3-4,6,8-10,13H,2,5,7,11-12H2,1H3,(H,19,20,22). The van der Waals surface area contributed by atoms with Crippen LogP contribution in [-0.4, -0.2) is 15.5 Å². The zero-order valence-electron chi connectivity index (χ0n) is 13.3. The highest BCUT2D eigenvalue weighted by molar-refractivity contribution is 7.09. The second-order valence-electron chi connectivity index (χ2n) is 5.56. The summed E-state index contributed by atoms with van der Waals surface area (Å²) in [6.45, 7) is 2.98. The molecule has 0 bridgehead atoms. The summed E-state index contributed by atoms with van der Waals surface area (Å²) in [4.78, 5) is 18.1. The van der Waals surface area contributed by atoms with Gasteiger partial charge in [-0.3, -0.25) is 10.1 Å². The van der Waals surface area contributed by atoms with Crippen LogP contribution in [0.4, 0.5) is 5.95 Å². The Hall–Kier alpha value is -2.14. The summed E-state index contributed by atoms with van der Waals surface area (Å²) in [5, 5.41) is 5.05. The van der Waals surface area contributed by atoms with Crippen molar-refractivity contribution in [2.75, 3.05) is 5.32 Å². The van der Waals surface area contributed by atoms with Gasteiger partial charge in [0, 0.05) is 17.8 Å². The molecule has 120 valence electrons. The molecule has 0 atom stereocenters. The van der Waals surface area contributed by atoms with Crippen LogP contribution in [0.15, 0.2) is 41.8 Å². The van der Waals surface area contributed by atoms with Gasteiger partial charge in [0.1, 0.15) is 0 Å². The fraction of sp³-hybridized carbons (Fsp3) is 0.333. The van der Waals surface area contributed by atoms with Crippen LogP contribution in [-0.2, 0) is 17.8 Å². The van der Waals surface area contributed by atoms with Gasteiger partial charge in [0.2, 0.25) is 11.9 Å². The van der Waals surface area contributed by atoms with E-state index in [1.165, 1.54) is 4.88 Å². The van der Waals surface area contributed by atoms with Gasteiger partial charge in [-0.25, -0.2) is 4.98 Å². The number of para-hydroxylation sites is 2. The number of fused-ring (bicyclic) bond motifs is 1. The lowest BCUT2D eigenvalue weighted by Crippen LogP contribution is -2.15. The van der Waals surface area contributed by atoms with E-state index in [2.05, 4.69) is 33.2 Å². The molecule has 0 saturated heterocycles. The van der Waals surface area contributed by atoms with Gasteiger partial charge in [-0.2, -0.15) is 0 Å². The number of carbonyl (C=O) groups excluding carboxylic acids is 1. The van der Waals surface area contributed by atoms with E-state index in [1.54, 1.807) is 11.3 Å². The molecule has 3 aromatic rings. The number of hydrogen-bond donors (Lipinski definition) is 1. The lowest BCUT2D eigenvalue weighted by atomic mass is 10.2. The Labute approximate surface area is 140 Å². The number of nitrogens with zero attached hydrogens (tertiary/aromatic N) is 2. The number of thiophene rings is 1. The topological polar surface area (TPSA) is 46.9 Å². The summed E-state index contributed by atoms with van der Waals surface area (Å²) < 4.78 is 2.09. The Morgan fingerprint density at radius 1 is 1.26 bits per heavy atom. The molecule has 2 heterocycles. The fourth-order valence-electron chi connectivity index (χ4n) is 2.69. The third kappa shape index (κ3) is 3.79. The molecule has 2 aromatic heterocycles. The SMILES string of the molecule is CCCn1c(NC(=O)CCCc2cccs2)nc2ccccc21. The average Bonchev–Trinajstić information content (AvgIpc) is 3.17. The summed E-state index contributed by atoms with van der Waals surface area (Å²) >= 11 is 1.74. The Morgan fingerprint density at radius 2 is 2.13 bits per heavy atom. The second-order valence-corrected chi connectivity index (χ2v) is 6.59. The number of benzene rings is 1. The van der Waals surface area contributed by atoms with E-state index in [-0.39, 0.29) is 5.91 Å². The van der Waals surface area contributed by atoms with Gasteiger partial charge >= 0.3 is 0 Å². The van der Waals surface area contributed by atoms with Crippen molar-refractivity contribution >= 4 is 34.2 Å². The molecular formula is C18H21N3OS. The minimum absolute atomic E-state index is 0.0363. The van der Waals surface area contributed by atoms with Crippen LogP contribution in [0.1, 0.15) is 31.1 Å². The van der Waals surface area contributed by atoms with E-state index in [0.29, 0.717) is 12.4 Å². The highest BCUT2D eigenvalue weighted by Crippen LogP contribution is 2.20. The average molecular weight is 327 g/mol. The first-order valence-electron chi connectivity index (χ1n) is 8.05. The number of anilines is 1. The van der Waals surface area contributed by atoms with Crippen LogP contribution in [0.25, 0.3) is 11.0 Å². The highest BCUT2D eigenvalue weighted by Gasteiger charge is 2.12. The summed E-state index contributed by atoms with van der Waals surface area (Å²) in [5.74, 6) is 0.698. The number of amides is 1. The second kappa shape index (κ2) is 7.42. The maximum absolute atomic E-state index is 12.2. The van der Waals surface area contributed by atoms with Crippen LogP contribution in [0.5, 0.6) is 0 Å². The first kappa shape index (κ1) is 15.7. The molecule has 0 fully saturated rings. The van der Waals surface area contributed by atoms with E-state index < -0.39 is 0 Å². The molecule has 1 N–H and O–H groups in total. The van der Waals surface area contributed by atoms with Crippen LogP contribution in [0.2, 0.25) is 0 Å². The number of imidazole rings is 1. The van der Waals surface area contributed by atoms with Crippen molar-refractivity contribution in [1.29, 1.82) is 0 Å². The monoisotopic (exact) mass is 327 g/mol. The van der Waals surface area contributed by atoms with E-state index in [9.17, 15) is 4.79 Å². The highest BCUT2D eigenvalue weighted by atomic mass is 32.1. The van der Waals surface area contributed by atoms with Crippen molar-refractivity contribution in [3.8, 4) is 0 Å². The molecule has 0 saturated carbocycles. The molecule has 0 spiro atoms. The lowest BCUT2D eigenvalue weighted by Gasteiger charge is -2.08. The molecule has 1 aromatic carbocycles. The summed E-state index contributed by atoms with van der Waals surface area (Å²) in [5.41, 5.74) is 2.00. The summed E-state index contributed by atoms with van der Waals surface area (Å²) in [6, 6.07) is 12.2. The maximum Gasteiger partial charge on any atom is 0.226 e. The van der Waals surface area contributed by atoms with E-state index in [0.717, 1.165) is 36.8 Å². The van der Waals surface area contributed by atoms with Crippen LogP contribution < -0.4 is 5.32 Å². The van der Waals surface area contributed by atoms with Crippen molar-refractivity contribution in [3.05, 3.63) is 46.7 Å². The third-order valence-electron chi connectivity index (χ3n) is 3.76. The minimum Gasteiger partial charge on any atom is -0.310 e. The number of carbonyl (C=O) groups is 1. The molecular weight excluding hydrogens is 306 g/mol. The first-order valence-corrected chi connectivity index (χ1v) is 8.93. The zero-order chi connectivity index (χ0) is 16.1. The van der Waals surface area contributed by atoms with Gasteiger partial charge in [-0.1, -0.05) is 25.1 Å². The van der Waals surface area contributed by atoms with Gasteiger partial charge in [-0.05, 0) is 42.8 Å². The Kier molecular flexibility index (Phi) is 5.08. The number of rotatable bonds is 7. The molecule has 23 heavy (non-hydrogen) atoms. The smallest absolute Gasteiger partial charge is 0.226 e. The molecule has 0 aliphatic rings. The fourth-order valence-corrected chi connectivity index (χ4v) is 3.44. The van der Waals surface area contributed by atoms with Crippen molar-refractivity contribution in [2.24, 2.45) is 0 Å². The summed E-state index contributed by atoms with van der Waals surface area (Å²) in [6.07, 6.45) is 3.34. The van der Waals surface area contributed by atoms with Crippen molar-refractivity contribution in [1.82, 2.24) is 9.55 Å². The molecule has 3 rings (SSSR count). The van der Waals surface area contributed by atoms with E-state index in [1.807, 2.05) is 30.3 Å². The molecule has 1 amide bonds. The van der Waals surface area contributed by atoms with Crippen LogP contribution in [0, 0.1) is 0 Å². The minimum atomic E-state index is 0.0363. The van der Waals surface area contributed by atoms with Gasteiger partial charge in [0.05, 0.1) is 11.0 Å². The van der Waals surface area contributed by atoms with Crippen molar-refractivity contribution in [2.45, 2.75) is 39.2 Å². The number of nitrogens with one attached hydrogen (secondary N) is 1. The normalized spacial score (nSPS) is 11.0. The summed E-state index contributed by atoms with van der Waals surface area (Å²) in [7, 11) is 0. The van der Waals surface area contributed by atoms with Gasteiger partial charge < -0.3 is 4.57 Å². The Bertz CT molecular complexity index is 777. The maximum atomic E-state index is 12.2. The van der Waals surface area contributed by atoms with Gasteiger partial charge in [-0.15, -0.1) is 11.3 Å². The van der Waals surface area contributed by atoms with Crippen LogP contribution in [0.3, 0.4) is 0 Å². The Morgan fingerprint density at radius 3 is 2.91 bits per heavy atom. The Balaban J connectivity index is 1.65. The van der Waals surface area contributed by atoms with Crippen molar-refractivity contribution in [3.63, 3.8) is 0 Å². The predicted molar refractivity (Wildman–Crippen MR) is 95.9 cm³/mol. The first-order chi connectivity index (χ1) is 11.3. The zero-order valence-corrected chi connectivity index (χ0v) is 14.1. The predicted octanol–water partition coefficient (Wildman–Crippen LogP) is 4.47. The lowest BCUT2D eigenvalue weighted by molar-refractivity contribution is -0.116. The van der Waals surface area contributed by atoms with Gasteiger partial charge in [0.15, 0.2) is 0 Å². The molecule has 0 aliphatic heterocycles. The van der Waals surface area contributed by atoms with E-state index in [4.69, 9.17) is 0 Å². The third-order valence-corrected chi connectivity index (χ3v) is 4.70. The quantitative estimate of drug-likeness (QED) is 0.696. The van der Waals surface area contributed by atoms with E-state index >= 15 is 0 Å². The van der Waals surface area contributed by atoms with Gasteiger partial charge in [0.25, 0.3) is 0 Å². The number of hydrogen-bond acceptors (Lipinski definition) is 3. The van der Waals surface area contributed by atoms with Crippen LogP contribution >= 0.6 is 11.3 Å². The molecule has 0 radical (unpaired) electrons. The largest absolute Gasteiger partial charge is 0.310 e. The van der Waals surface area contributed by atoms with Crippen molar-refractivity contribution < 1.29 is 4.79 Å². The molecule has 0 aliphatic carbocycles.